The molecule has 0 aliphatic carbocycles. The molecule has 0 saturated heterocycles. The monoisotopic (exact) mass is 139 g/mol. The molecule has 2 rings (SSSR count). The zero-order chi connectivity index (χ0) is 6.97. The van der Waals surface area contributed by atoms with E-state index in [1.54, 1.807) is 6.34 Å². The Bertz CT molecular complexity index is 206. The predicted octanol–water partition coefficient (Wildman–Crippen LogP) is -1.78. The Morgan fingerprint density at radius 3 is 3.30 bits per heavy atom. The van der Waals surface area contributed by atoms with Crippen LogP contribution in [0.15, 0.2) is 16.5 Å². The molecule has 1 atom stereocenters. The van der Waals surface area contributed by atoms with E-state index in [9.17, 15) is 0 Å². The van der Waals surface area contributed by atoms with Gasteiger partial charge in [-0.1, -0.05) is 0 Å². The molecule has 2 heterocycles. The van der Waals surface area contributed by atoms with Gasteiger partial charge in [0.1, 0.15) is 6.17 Å². The molecule has 5 N–H and O–H groups in total. The van der Waals surface area contributed by atoms with Crippen molar-refractivity contribution < 1.29 is 0 Å². The number of nitrogens with one attached hydrogen (secondary N) is 3. The minimum atomic E-state index is -0.137. The normalized spacial score (nSPS) is 28.7. The van der Waals surface area contributed by atoms with Crippen molar-refractivity contribution in [2.24, 2.45) is 10.7 Å². The molecular formula is C5H9N5. The van der Waals surface area contributed by atoms with Crippen molar-refractivity contribution >= 4 is 6.34 Å². The highest BCUT2D eigenvalue weighted by Crippen LogP contribution is 2.08. The first kappa shape index (κ1) is 5.55. The Morgan fingerprint density at radius 1 is 1.60 bits per heavy atom. The van der Waals surface area contributed by atoms with Crippen molar-refractivity contribution in [1.29, 1.82) is 0 Å². The fourth-order valence-corrected chi connectivity index (χ4v) is 1.04. The van der Waals surface area contributed by atoms with Crippen LogP contribution < -0.4 is 21.7 Å². The van der Waals surface area contributed by atoms with Gasteiger partial charge in [0, 0.05) is 0 Å². The molecule has 0 aromatic carbocycles. The van der Waals surface area contributed by atoms with E-state index in [4.69, 9.17) is 5.73 Å². The van der Waals surface area contributed by atoms with Gasteiger partial charge < -0.3 is 21.7 Å². The first-order valence-corrected chi connectivity index (χ1v) is 3.14. The van der Waals surface area contributed by atoms with Crippen LogP contribution in [0.2, 0.25) is 0 Å². The summed E-state index contributed by atoms with van der Waals surface area (Å²) in [5.41, 5.74) is 6.60. The molecule has 0 aromatic rings. The van der Waals surface area contributed by atoms with Crippen LogP contribution >= 0.6 is 0 Å². The highest BCUT2D eigenvalue weighted by atomic mass is 15.3. The lowest BCUT2D eigenvalue weighted by atomic mass is 10.3. The van der Waals surface area contributed by atoms with Gasteiger partial charge >= 0.3 is 0 Å². The summed E-state index contributed by atoms with van der Waals surface area (Å²) in [5, 5.41) is 8.99. The fourth-order valence-electron chi connectivity index (χ4n) is 1.04. The number of nitrogens with zero attached hydrogens (tertiary/aromatic N) is 1. The predicted molar refractivity (Wildman–Crippen MR) is 37.8 cm³/mol. The Hall–Kier alpha value is -1.23. The van der Waals surface area contributed by atoms with E-state index in [1.165, 1.54) is 0 Å². The van der Waals surface area contributed by atoms with Gasteiger partial charge in [0.05, 0.1) is 18.7 Å². The summed E-state index contributed by atoms with van der Waals surface area (Å²) < 4.78 is 0. The lowest BCUT2D eigenvalue weighted by Crippen LogP contribution is -2.43. The molecule has 0 spiro atoms. The fraction of sp³-hybridized carbons (Fsp3) is 0.400. The van der Waals surface area contributed by atoms with Crippen LogP contribution in [-0.4, -0.2) is 19.2 Å². The lowest BCUT2D eigenvalue weighted by molar-refractivity contribution is 0.666. The summed E-state index contributed by atoms with van der Waals surface area (Å²) in [6.45, 7) is 0.720. The Kier molecular flexibility index (Phi) is 1.04. The van der Waals surface area contributed by atoms with Gasteiger partial charge in [0.2, 0.25) is 0 Å². The number of hydrogen-bond acceptors (Lipinski definition) is 5. The zero-order valence-corrected chi connectivity index (χ0v) is 5.39. The van der Waals surface area contributed by atoms with Crippen LogP contribution in [0.4, 0.5) is 0 Å². The number of aliphatic imine (C=N–C) groups is 1. The van der Waals surface area contributed by atoms with Crippen LogP contribution in [0, 0.1) is 0 Å². The molecule has 0 amide bonds. The summed E-state index contributed by atoms with van der Waals surface area (Å²) in [5.74, 6) is 0.853. The van der Waals surface area contributed by atoms with Crippen molar-refractivity contribution in [2.45, 2.75) is 6.17 Å². The second kappa shape index (κ2) is 1.88. The van der Waals surface area contributed by atoms with Crippen LogP contribution in [0.5, 0.6) is 0 Å². The van der Waals surface area contributed by atoms with Crippen molar-refractivity contribution in [3.8, 4) is 0 Å². The molecule has 0 radical (unpaired) electrons. The number of hydrogen-bond donors (Lipinski definition) is 4. The third kappa shape index (κ3) is 0.640. The molecule has 0 saturated carbocycles. The summed E-state index contributed by atoms with van der Waals surface area (Å²) >= 11 is 0. The molecule has 0 aromatic heterocycles. The van der Waals surface area contributed by atoms with E-state index in [0.717, 1.165) is 18.2 Å². The van der Waals surface area contributed by atoms with Gasteiger partial charge in [-0.3, -0.25) is 0 Å². The minimum absolute atomic E-state index is 0.137. The molecule has 2 aliphatic heterocycles. The average Bonchev–Trinajstić information content (AvgIpc) is 2.36. The molecule has 54 valence electrons. The van der Waals surface area contributed by atoms with Gasteiger partial charge in [-0.2, -0.15) is 0 Å². The highest BCUT2D eigenvalue weighted by molar-refractivity contribution is 5.60. The van der Waals surface area contributed by atoms with Crippen molar-refractivity contribution in [3.63, 3.8) is 0 Å². The molecule has 0 fully saturated rings. The van der Waals surface area contributed by atoms with Crippen LogP contribution in [0.1, 0.15) is 0 Å². The molecule has 0 bridgehead atoms. The quantitative estimate of drug-likeness (QED) is 0.320. The standard InChI is InChI=1S/C5H9N5/c6-4-3-5(9-1-7-3)10-2-8-4/h2,4,7,9H,1,6H2,(H,8,10). The Morgan fingerprint density at radius 2 is 2.50 bits per heavy atom. The molecule has 2 aliphatic rings. The van der Waals surface area contributed by atoms with Crippen molar-refractivity contribution in [2.75, 3.05) is 6.67 Å². The van der Waals surface area contributed by atoms with Crippen LogP contribution in [-0.2, 0) is 0 Å². The summed E-state index contributed by atoms with van der Waals surface area (Å²) in [6, 6.07) is 0. The number of nitrogens with two attached hydrogens (primary N) is 1. The molecule has 5 heteroatoms. The Balaban J connectivity index is 2.30. The van der Waals surface area contributed by atoms with Crippen LogP contribution in [0.25, 0.3) is 0 Å². The summed E-state index contributed by atoms with van der Waals surface area (Å²) in [4.78, 5) is 4.03. The maximum Gasteiger partial charge on any atom is 0.151 e. The Labute approximate surface area is 58.4 Å². The molecular weight excluding hydrogens is 130 g/mol. The maximum atomic E-state index is 5.66. The van der Waals surface area contributed by atoms with E-state index in [0.29, 0.717) is 0 Å². The van der Waals surface area contributed by atoms with E-state index in [2.05, 4.69) is 20.9 Å². The van der Waals surface area contributed by atoms with E-state index in [-0.39, 0.29) is 6.17 Å². The van der Waals surface area contributed by atoms with Crippen molar-refractivity contribution in [1.82, 2.24) is 16.0 Å². The zero-order valence-electron chi connectivity index (χ0n) is 5.39. The largest absolute Gasteiger partial charge is 0.365 e. The third-order valence-electron chi connectivity index (χ3n) is 1.55. The van der Waals surface area contributed by atoms with E-state index < -0.39 is 0 Å². The van der Waals surface area contributed by atoms with E-state index in [1.807, 2.05) is 0 Å². The lowest BCUT2D eigenvalue weighted by Gasteiger charge is -2.16. The molecule has 5 nitrogen and oxygen atoms in total. The maximum absolute atomic E-state index is 5.66. The first-order valence-electron chi connectivity index (χ1n) is 3.14. The first-order chi connectivity index (χ1) is 4.88. The molecule has 1 unspecified atom stereocenters. The second-order valence-corrected chi connectivity index (χ2v) is 2.20. The van der Waals surface area contributed by atoms with Gasteiger partial charge in [-0.25, -0.2) is 4.99 Å². The summed E-state index contributed by atoms with van der Waals surface area (Å²) in [7, 11) is 0. The van der Waals surface area contributed by atoms with Crippen molar-refractivity contribution in [3.05, 3.63) is 11.5 Å². The second-order valence-electron chi connectivity index (χ2n) is 2.20. The minimum Gasteiger partial charge on any atom is -0.365 e. The highest BCUT2D eigenvalue weighted by Gasteiger charge is 2.20. The topological polar surface area (TPSA) is 74.5 Å². The van der Waals surface area contributed by atoms with Gasteiger partial charge in [-0.05, 0) is 0 Å². The third-order valence-corrected chi connectivity index (χ3v) is 1.55. The summed E-state index contributed by atoms with van der Waals surface area (Å²) in [6.07, 6.45) is 1.46. The van der Waals surface area contributed by atoms with Gasteiger partial charge in [-0.15, -0.1) is 0 Å². The SMILES string of the molecule is NC1NC=NC2=C1NCN2. The van der Waals surface area contributed by atoms with E-state index >= 15 is 0 Å². The average molecular weight is 139 g/mol. The van der Waals surface area contributed by atoms with Gasteiger partial charge in [0.15, 0.2) is 5.82 Å². The van der Waals surface area contributed by atoms with Gasteiger partial charge in [0.25, 0.3) is 0 Å². The number of rotatable bonds is 0. The van der Waals surface area contributed by atoms with Crippen LogP contribution in [0.3, 0.4) is 0 Å². The molecule has 10 heavy (non-hydrogen) atoms. The smallest absolute Gasteiger partial charge is 0.151 e.